The van der Waals surface area contributed by atoms with E-state index in [-0.39, 0.29) is 17.9 Å². The van der Waals surface area contributed by atoms with Crippen LogP contribution >= 0.6 is 11.3 Å². The van der Waals surface area contributed by atoms with Gasteiger partial charge in [-0.05, 0) is 19.8 Å². The Hall–Kier alpha value is -1.43. The van der Waals surface area contributed by atoms with Gasteiger partial charge in [-0.15, -0.1) is 11.3 Å². The largest absolute Gasteiger partial charge is 0.480 e. The van der Waals surface area contributed by atoms with Crippen molar-refractivity contribution in [2.75, 3.05) is 0 Å². The summed E-state index contributed by atoms with van der Waals surface area (Å²) in [5, 5.41) is 14.9. The van der Waals surface area contributed by atoms with Gasteiger partial charge in [0.15, 0.2) is 0 Å². The van der Waals surface area contributed by atoms with Gasteiger partial charge < -0.3 is 10.4 Å². The molecule has 5 nitrogen and oxygen atoms in total. The van der Waals surface area contributed by atoms with Crippen molar-refractivity contribution in [3.05, 3.63) is 16.1 Å². The summed E-state index contributed by atoms with van der Waals surface area (Å²) in [5.74, 6) is -1.52. The van der Waals surface area contributed by atoms with Gasteiger partial charge in [-0.2, -0.15) is 0 Å². The van der Waals surface area contributed by atoms with Gasteiger partial charge in [0, 0.05) is 23.3 Å². The van der Waals surface area contributed by atoms with E-state index in [1.807, 2.05) is 5.38 Å². The van der Waals surface area contributed by atoms with Gasteiger partial charge in [0.05, 0.1) is 10.7 Å². The molecule has 1 unspecified atom stereocenters. The van der Waals surface area contributed by atoms with Crippen LogP contribution in [0.4, 0.5) is 0 Å². The van der Waals surface area contributed by atoms with Crippen LogP contribution in [0.15, 0.2) is 5.38 Å². The predicted molar refractivity (Wildman–Crippen MR) is 81.4 cm³/mol. The van der Waals surface area contributed by atoms with Crippen LogP contribution < -0.4 is 5.32 Å². The van der Waals surface area contributed by atoms with Gasteiger partial charge in [-0.3, -0.25) is 9.59 Å². The third kappa shape index (κ3) is 3.61. The molecule has 0 radical (unpaired) electrons. The molecule has 0 saturated heterocycles. The van der Waals surface area contributed by atoms with Crippen molar-refractivity contribution in [2.24, 2.45) is 5.41 Å². The summed E-state index contributed by atoms with van der Waals surface area (Å²) in [6, 6.07) is 0.151. The van der Waals surface area contributed by atoms with Crippen molar-refractivity contribution >= 4 is 23.2 Å². The highest BCUT2D eigenvalue weighted by Gasteiger charge is 2.44. The maximum Gasteiger partial charge on any atom is 0.319 e. The Kier molecular flexibility index (Phi) is 4.10. The molecular weight excluding hydrogens is 288 g/mol. The van der Waals surface area contributed by atoms with E-state index >= 15 is 0 Å². The minimum Gasteiger partial charge on any atom is -0.480 e. The van der Waals surface area contributed by atoms with Crippen LogP contribution in [0.2, 0.25) is 0 Å². The van der Waals surface area contributed by atoms with Crippen molar-refractivity contribution < 1.29 is 14.7 Å². The standard InChI is InChI=1S/C15H22N2O3S/c1-14(2,3)10-8-21-11(17-10)7-15(4,13(19)20)12(18)16-9-5-6-9/h8-9H,5-7H2,1-4H3,(H,16,18)(H,19,20). The smallest absolute Gasteiger partial charge is 0.319 e. The topological polar surface area (TPSA) is 79.3 Å². The van der Waals surface area contributed by atoms with Crippen molar-refractivity contribution in [3.8, 4) is 0 Å². The summed E-state index contributed by atoms with van der Waals surface area (Å²) < 4.78 is 0. The molecule has 0 aliphatic heterocycles. The quantitative estimate of drug-likeness (QED) is 0.818. The minimum atomic E-state index is -1.46. The molecule has 1 amide bonds. The molecule has 2 N–H and O–H groups in total. The van der Waals surface area contributed by atoms with Crippen molar-refractivity contribution in [1.29, 1.82) is 0 Å². The van der Waals surface area contributed by atoms with Crippen molar-refractivity contribution in [2.45, 2.75) is 58.4 Å². The monoisotopic (exact) mass is 310 g/mol. The van der Waals surface area contributed by atoms with E-state index in [2.05, 4.69) is 31.1 Å². The molecule has 1 aliphatic carbocycles. The maximum absolute atomic E-state index is 12.2. The summed E-state index contributed by atoms with van der Waals surface area (Å²) in [7, 11) is 0. The van der Waals surface area contributed by atoms with Gasteiger partial charge in [0.1, 0.15) is 5.41 Å². The summed E-state index contributed by atoms with van der Waals surface area (Å²) in [6.07, 6.45) is 2.00. The third-order valence-electron chi connectivity index (χ3n) is 3.71. The lowest BCUT2D eigenvalue weighted by molar-refractivity contribution is -0.154. The molecule has 1 aromatic heterocycles. The number of hydrogen-bond donors (Lipinski definition) is 2. The van der Waals surface area contributed by atoms with E-state index in [0.29, 0.717) is 5.01 Å². The van der Waals surface area contributed by atoms with E-state index in [1.54, 1.807) is 0 Å². The number of aromatic nitrogens is 1. The van der Waals surface area contributed by atoms with Crippen LogP contribution in [0.5, 0.6) is 0 Å². The Morgan fingerprint density at radius 1 is 1.38 bits per heavy atom. The number of amides is 1. The first-order valence-corrected chi connectivity index (χ1v) is 8.00. The highest BCUT2D eigenvalue weighted by atomic mass is 32.1. The number of thiazole rings is 1. The van der Waals surface area contributed by atoms with Crippen LogP contribution in [0, 0.1) is 5.41 Å². The number of nitrogens with zero attached hydrogens (tertiary/aromatic N) is 1. The molecule has 1 aromatic rings. The first-order valence-electron chi connectivity index (χ1n) is 7.12. The highest BCUT2D eigenvalue weighted by Crippen LogP contribution is 2.30. The Labute approximate surface area is 128 Å². The van der Waals surface area contributed by atoms with E-state index < -0.39 is 17.3 Å². The van der Waals surface area contributed by atoms with Gasteiger partial charge in [-0.25, -0.2) is 4.98 Å². The number of carboxylic acids is 1. The zero-order valence-electron chi connectivity index (χ0n) is 12.9. The number of carboxylic acid groups (broad SMARTS) is 1. The van der Waals surface area contributed by atoms with Gasteiger partial charge in [-0.1, -0.05) is 20.8 Å². The Morgan fingerprint density at radius 2 is 2.00 bits per heavy atom. The SMILES string of the molecule is CC(Cc1nc(C(C)(C)C)cs1)(C(=O)O)C(=O)NC1CC1. The molecular formula is C15H22N2O3S. The second kappa shape index (κ2) is 5.40. The molecule has 1 aliphatic rings. The molecule has 0 bridgehead atoms. The van der Waals surface area contributed by atoms with E-state index in [1.165, 1.54) is 18.3 Å². The van der Waals surface area contributed by atoms with Crippen LogP contribution in [0.1, 0.15) is 51.2 Å². The molecule has 116 valence electrons. The number of hydrogen-bond acceptors (Lipinski definition) is 4. The number of carbonyl (C=O) groups excluding carboxylic acids is 1. The fourth-order valence-electron chi connectivity index (χ4n) is 1.86. The molecule has 1 fully saturated rings. The second-order valence-corrected chi connectivity index (χ2v) is 7.88. The fraction of sp³-hybridized carbons (Fsp3) is 0.667. The molecule has 2 rings (SSSR count). The Morgan fingerprint density at radius 3 is 2.43 bits per heavy atom. The molecule has 6 heteroatoms. The summed E-state index contributed by atoms with van der Waals surface area (Å²) in [4.78, 5) is 28.3. The summed E-state index contributed by atoms with van der Waals surface area (Å²) in [6.45, 7) is 7.65. The third-order valence-corrected chi connectivity index (χ3v) is 4.56. The lowest BCUT2D eigenvalue weighted by atomic mass is 9.86. The van der Waals surface area contributed by atoms with Gasteiger partial charge in [0.25, 0.3) is 0 Å². The predicted octanol–water partition coefficient (Wildman–Crippen LogP) is 2.35. The van der Waals surface area contributed by atoms with E-state index in [4.69, 9.17) is 0 Å². The summed E-state index contributed by atoms with van der Waals surface area (Å²) >= 11 is 1.42. The molecule has 1 atom stereocenters. The van der Waals surface area contributed by atoms with Gasteiger partial charge >= 0.3 is 5.97 Å². The molecule has 21 heavy (non-hydrogen) atoms. The zero-order valence-corrected chi connectivity index (χ0v) is 13.7. The average Bonchev–Trinajstić information content (AvgIpc) is 3.03. The number of carbonyl (C=O) groups is 2. The minimum absolute atomic E-state index is 0.0787. The number of aliphatic carboxylic acids is 1. The molecule has 1 saturated carbocycles. The average molecular weight is 310 g/mol. The van der Waals surface area contributed by atoms with Crippen LogP contribution in [0.3, 0.4) is 0 Å². The maximum atomic E-state index is 12.2. The lowest BCUT2D eigenvalue weighted by Crippen LogP contribution is -2.46. The normalized spacial score (nSPS) is 18.1. The van der Waals surface area contributed by atoms with Crippen LogP contribution in [-0.2, 0) is 21.4 Å². The Bertz CT molecular complexity index is 558. The number of rotatable bonds is 5. The Balaban J connectivity index is 2.17. The van der Waals surface area contributed by atoms with Crippen LogP contribution in [-0.4, -0.2) is 28.0 Å². The highest BCUT2D eigenvalue weighted by molar-refractivity contribution is 7.09. The van der Waals surface area contributed by atoms with Crippen molar-refractivity contribution in [1.82, 2.24) is 10.3 Å². The zero-order chi connectivity index (χ0) is 15.8. The summed E-state index contributed by atoms with van der Waals surface area (Å²) in [5.41, 5.74) is -0.613. The molecule has 0 aromatic carbocycles. The van der Waals surface area contributed by atoms with Crippen molar-refractivity contribution in [3.63, 3.8) is 0 Å². The first-order chi connectivity index (χ1) is 9.63. The number of nitrogens with one attached hydrogen (secondary N) is 1. The molecule has 0 spiro atoms. The first kappa shape index (κ1) is 15.9. The van der Waals surface area contributed by atoms with Gasteiger partial charge in [0.2, 0.25) is 5.91 Å². The fourth-order valence-corrected chi connectivity index (χ4v) is 3.04. The van der Waals surface area contributed by atoms with E-state index in [0.717, 1.165) is 18.5 Å². The van der Waals surface area contributed by atoms with E-state index in [9.17, 15) is 14.7 Å². The van der Waals surface area contributed by atoms with Crippen LogP contribution in [0.25, 0.3) is 0 Å². The molecule has 1 heterocycles. The lowest BCUT2D eigenvalue weighted by Gasteiger charge is -2.22. The second-order valence-electron chi connectivity index (χ2n) is 6.94.